The molecule has 0 saturated carbocycles. The molecule has 1 aromatic carbocycles. The Labute approximate surface area is 97.4 Å². The SMILES string of the molecule is CCSc1ccc(C(CC)CCN)cc1. The second kappa shape index (κ2) is 6.91. The summed E-state index contributed by atoms with van der Waals surface area (Å²) in [6.45, 7) is 5.20. The Hall–Kier alpha value is -0.470. The van der Waals surface area contributed by atoms with Crippen LogP contribution in [0.15, 0.2) is 29.2 Å². The van der Waals surface area contributed by atoms with E-state index in [-0.39, 0.29) is 0 Å². The van der Waals surface area contributed by atoms with E-state index in [4.69, 9.17) is 5.73 Å². The van der Waals surface area contributed by atoms with E-state index < -0.39 is 0 Å². The van der Waals surface area contributed by atoms with Crippen LogP contribution in [-0.2, 0) is 0 Å². The van der Waals surface area contributed by atoms with Crippen molar-refractivity contribution >= 4 is 11.8 Å². The highest BCUT2D eigenvalue weighted by Crippen LogP contribution is 2.25. The maximum absolute atomic E-state index is 5.62. The molecule has 1 atom stereocenters. The summed E-state index contributed by atoms with van der Waals surface area (Å²) >= 11 is 1.89. The van der Waals surface area contributed by atoms with Crippen LogP contribution in [0.5, 0.6) is 0 Å². The van der Waals surface area contributed by atoms with E-state index in [9.17, 15) is 0 Å². The minimum atomic E-state index is 0.635. The molecule has 0 amide bonds. The number of thioether (sulfide) groups is 1. The van der Waals surface area contributed by atoms with E-state index in [1.807, 2.05) is 11.8 Å². The van der Waals surface area contributed by atoms with Gasteiger partial charge in [0.25, 0.3) is 0 Å². The van der Waals surface area contributed by atoms with E-state index in [1.54, 1.807) is 0 Å². The zero-order chi connectivity index (χ0) is 11.1. The van der Waals surface area contributed by atoms with Gasteiger partial charge in [-0.05, 0) is 48.8 Å². The molecule has 84 valence electrons. The van der Waals surface area contributed by atoms with Crippen LogP contribution >= 0.6 is 11.8 Å². The first-order valence-electron chi connectivity index (χ1n) is 5.74. The topological polar surface area (TPSA) is 26.0 Å². The minimum absolute atomic E-state index is 0.635. The van der Waals surface area contributed by atoms with Crippen LogP contribution in [0.3, 0.4) is 0 Å². The largest absolute Gasteiger partial charge is 0.330 e. The van der Waals surface area contributed by atoms with Gasteiger partial charge in [-0.15, -0.1) is 11.8 Å². The molecule has 0 fully saturated rings. The van der Waals surface area contributed by atoms with Gasteiger partial charge in [-0.3, -0.25) is 0 Å². The lowest BCUT2D eigenvalue weighted by Crippen LogP contribution is -2.06. The molecule has 2 heteroatoms. The number of hydrogen-bond donors (Lipinski definition) is 1. The maximum Gasteiger partial charge on any atom is 0.00720 e. The van der Waals surface area contributed by atoms with Crippen molar-refractivity contribution < 1.29 is 0 Å². The molecule has 2 N–H and O–H groups in total. The molecule has 0 aliphatic heterocycles. The fourth-order valence-electron chi connectivity index (χ4n) is 1.81. The molecular formula is C13H21NS. The highest BCUT2D eigenvalue weighted by Gasteiger charge is 2.07. The smallest absolute Gasteiger partial charge is 0.00720 e. The van der Waals surface area contributed by atoms with Gasteiger partial charge in [-0.2, -0.15) is 0 Å². The summed E-state index contributed by atoms with van der Waals surface area (Å²) in [6, 6.07) is 8.95. The number of nitrogens with two attached hydrogens (primary N) is 1. The number of benzene rings is 1. The summed E-state index contributed by atoms with van der Waals surface area (Å²) in [5.74, 6) is 1.77. The van der Waals surface area contributed by atoms with Crippen molar-refractivity contribution in [3.8, 4) is 0 Å². The number of hydrogen-bond acceptors (Lipinski definition) is 2. The Morgan fingerprint density at radius 3 is 2.33 bits per heavy atom. The van der Waals surface area contributed by atoms with Gasteiger partial charge < -0.3 is 5.73 Å². The Morgan fingerprint density at radius 1 is 1.20 bits per heavy atom. The predicted octanol–water partition coefficient (Wildman–Crippen LogP) is 3.64. The van der Waals surface area contributed by atoms with E-state index in [2.05, 4.69) is 38.1 Å². The van der Waals surface area contributed by atoms with Crippen molar-refractivity contribution in [2.75, 3.05) is 12.3 Å². The first-order valence-corrected chi connectivity index (χ1v) is 6.73. The third kappa shape index (κ3) is 3.88. The second-order valence-corrected chi connectivity index (χ2v) is 5.02. The van der Waals surface area contributed by atoms with Crippen LogP contribution in [0.2, 0.25) is 0 Å². The molecule has 1 rings (SSSR count). The molecule has 0 bridgehead atoms. The molecule has 0 radical (unpaired) electrons. The first-order chi connectivity index (χ1) is 7.31. The predicted molar refractivity (Wildman–Crippen MR) is 69.5 cm³/mol. The highest BCUT2D eigenvalue weighted by atomic mass is 32.2. The lowest BCUT2D eigenvalue weighted by molar-refractivity contribution is 0.614. The summed E-state index contributed by atoms with van der Waals surface area (Å²) in [4.78, 5) is 1.36. The van der Waals surface area contributed by atoms with Crippen molar-refractivity contribution in [3.63, 3.8) is 0 Å². The quantitative estimate of drug-likeness (QED) is 0.745. The van der Waals surface area contributed by atoms with Gasteiger partial charge in [0.2, 0.25) is 0 Å². The van der Waals surface area contributed by atoms with Gasteiger partial charge in [-0.25, -0.2) is 0 Å². The van der Waals surface area contributed by atoms with Crippen molar-refractivity contribution in [1.29, 1.82) is 0 Å². The van der Waals surface area contributed by atoms with Crippen molar-refractivity contribution in [3.05, 3.63) is 29.8 Å². The Balaban J connectivity index is 2.68. The average Bonchev–Trinajstić information content (AvgIpc) is 2.28. The molecule has 0 saturated heterocycles. The highest BCUT2D eigenvalue weighted by molar-refractivity contribution is 7.99. The van der Waals surface area contributed by atoms with Crippen LogP contribution in [0.25, 0.3) is 0 Å². The number of rotatable bonds is 6. The van der Waals surface area contributed by atoms with E-state index in [1.165, 1.54) is 16.9 Å². The van der Waals surface area contributed by atoms with Gasteiger partial charge in [0.1, 0.15) is 0 Å². The molecule has 15 heavy (non-hydrogen) atoms. The normalized spacial score (nSPS) is 12.7. The summed E-state index contributed by atoms with van der Waals surface area (Å²) in [5, 5.41) is 0. The molecule has 1 aromatic rings. The molecule has 0 heterocycles. The maximum atomic E-state index is 5.62. The Morgan fingerprint density at radius 2 is 1.87 bits per heavy atom. The van der Waals surface area contributed by atoms with Crippen molar-refractivity contribution in [2.45, 2.75) is 37.5 Å². The third-order valence-corrected chi connectivity index (χ3v) is 3.56. The Bertz CT molecular complexity index is 268. The van der Waals surface area contributed by atoms with Gasteiger partial charge >= 0.3 is 0 Å². The Kier molecular flexibility index (Phi) is 5.81. The van der Waals surface area contributed by atoms with E-state index in [0.29, 0.717) is 5.92 Å². The fourth-order valence-corrected chi connectivity index (χ4v) is 2.47. The summed E-state index contributed by atoms with van der Waals surface area (Å²) < 4.78 is 0. The molecule has 0 aromatic heterocycles. The lowest BCUT2D eigenvalue weighted by Gasteiger charge is -2.14. The van der Waals surface area contributed by atoms with Crippen LogP contribution in [0.1, 0.15) is 38.2 Å². The van der Waals surface area contributed by atoms with Gasteiger partial charge in [0.15, 0.2) is 0 Å². The monoisotopic (exact) mass is 223 g/mol. The first kappa shape index (κ1) is 12.6. The summed E-state index contributed by atoms with van der Waals surface area (Å²) in [7, 11) is 0. The van der Waals surface area contributed by atoms with Crippen LogP contribution in [0, 0.1) is 0 Å². The zero-order valence-electron chi connectivity index (χ0n) is 9.70. The summed E-state index contributed by atoms with van der Waals surface area (Å²) in [5.41, 5.74) is 7.05. The summed E-state index contributed by atoms with van der Waals surface area (Å²) in [6.07, 6.45) is 2.27. The van der Waals surface area contributed by atoms with Crippen LogP contribution in [-0.4, -0.2) is 12.3 Å². The molecule has 1 nitrogen and oxygen atoms in total. The lowest BCUT2D eigenvalue weighted by atomic mass is 9.93. The van der Waals surface area contributed by atoms with E-state index >= 15 is 0 Å². The fraction of sp³-hybridized carbons (Fsp3) is 0.538. The van der Waals surface area contributed by atoms with Crippen LogP contribution in [0.4, 0.5) is 0 Å². The second-order valence-electron chi connectivity index (χ2n) is 3.68. The van der Waals surface area contributed by atoms with Gasteiger partial charge in [0, 0.05) is 4.90 Å². The average molecular weight is 223 g/mol. The van der Waals surface area contributed by atoms with Crippen molar-refractivity contribution in [2.24, 2.45) is 5.73 Å². The van der Waals surface area contributed by atoms with Gasteiger partial charge in [0.05, 0.1) is 0 Å². The standard InChI is InChI=1S/C13H21NS/c1-3-11(9-10-14)12-5-7-13(8-6-12)15-4-2/h5-8,11H,3-4,9-10,14H2,1-2H3. The van der Waals surface area contributed by atoms with Gasteiger partial charge in [-0.1, -0.05) is 26.0 Å². The zero-order valence-corrected chi connectivity index (χ0v) is 10.5. The molecule has 0 aliphatic carbocycles. The van der Waals surface area contributed by atoms with Crippen LogP contribution < -0.4 is 5.73 Å². The molecule has 0 spiro atoms. The van der Waals surface area contributed by atoms with E-state index in [0.717, 1.165) is 18.7 Å². The third-order valence-electron chi connectivity index (χ3n) is 2.67. The molecule has 0 aliphatic rings. The van der Waals surface area contributed by atoms with Crippen molar-refractivity contribution in [1.82, 2.24) is 0 Å². The minimum Gasteiger partial charge on any atom is -0.330 e. The molecular weight excluding hydrogens is 202 g/mol. The molecule has 1 unspecified atom stereocenters.